The molecular formula is C19H13N5O3. The van der Waals surface area contributed by atoms with Gasteiger partial charge in [-0.25, -0.2) is 15.0 Å². The van der Waals surface area contributed by atoms with E-state index >= 15 is 0 Å². The fourth-order valence-electron chi connectivity index (χ4n) is 2.29. The van der Waals surface area contributed by atoms with Crippen LogP contribution in [0.4, 0.5) is 5.69 Å². The first kappa shape index (κ1) is 16.4. The van der Waals surface area contributed by atoms with Crippen molar-refractivity contribution in [1.82, 2.24) is 19.9 Å². The lowest BCUT2D eigenvalue weighted by molar-refractivity contribution is 0.102. The fraction of sp³-hybridized carbons (Fsp3) is 0. The van der Waals surface area contributed by atoms with Gasteiger partial charge in [0.2, 0.25) is 5.88 Å². The summed E-state index contributed by atoms with van der Waals surface area (Å²) in [6, 6.07) is 13.7. The Morgan fingerprint density at radius 2 is 1.85 bits per heavy atom. The average molecular weight is 359 g/mol. The number of amides is 1. The number of rotatable bonds is 5. The lowest BCUT2D eigenvalue weighted by Gasteiger charge is -2.07. The maximum Gasteiger partial charge on any atom is 0.274 e. The number of oxazole rings is 1. The highest BCUT2D eigenvalue weighted by atomic mass is 16.5. The Hall–Kier alpha value is -4.07. The van der Waals surface area contributed by atoms with Crippen molar-refractivity contribution >= 4 is 11.6 Å². The number of hydrogen-bond acceptors (Lipinski definition) is 7. The van der Waals surface area contributed by atoms with Gasteiger partial charge in [0.05, 0.1) is 5.69 Å². The molecule has 0 saturated heterocycles. The molecule has 0 aliphatic rings. The SMILES string of the molecule is O=C(Nc1ccc(Oc2cc(-c3cocn3)ncn2)cc1)c1ccccn1. The summed E-state index contributed by atoms with van der Waals surface area (Å²) in [6.07, 6.45) is 5.78. The molecule has 8 heteroatoms. The molecule has 1 amide bonds. The van der Waals surface area contributed by atoms with E-state index in [0.29, 0.717) is 34.4 Å². The van der Waals surface area contributed by atoms with Crippen molar-refractivity contribution in [2.75, 3.05) is 5.32 Å². The average Bonchev–Trinajstić information content (AvgIpc) is 3.25. The summed E-state index contributed by atoms with van der Waals surface area (Å²) in [4.78, 5) is 28.4. The number of pyridine rings is 1. The zero-order valence-electron chi connectivity index (χ0n) is 13.9. The van der Waals surface area contributed by atoms with Crippen LogP contribution in [0.15, 0.2) is 78.1 Å². The van der Waals surface area contributed by atoms with Gasteiger partial charge in [-0.3, -0.25) is 9.78 Å². The maximum atomic E-state index is 12.1. The van der Waals surface area contributed by atoms with Gasteiger partial charge in [-0.1, -0.05) is 6.07 Å². The van der Waals surface area contributed by atoms with E-state index in [0.717, 1.165) is 0 Å². The number of hydrogen-bond donors (Lipinski definition) is 1. The number of benzene rings is 1. The number of aromatic nitrogens is 4. The smallest absolute Gasteiger partial charge is 0.274 e. The van der Waals surface area contributed by atoms with Gasteiger partial charge in [-0.15, -0.1) is 0 Å². The van der Waals surface area contributed by atoms with Crippen molar-refractivity contribution in [3.05, 3.63) is 79.4 Å². The van der Waals surface area contributed by atoms with E-state index in [4.69, 9.17) is 9.15 Å². The van der Waals surface area contributed by atoms with Crippen LogP contribution < -0.4 is 10.1 Å². The zero-order chi connectivity index (χ0) is 18.5. The van der Waals surface area contributed by atoms with Crippen LogP contribution in [0.5, 0.6) is 11.6 Å². The molecule has 4 rings (SSSR count). The molecule has 0 aliphatic carbocycles. The van der Waals surface area contributed by atoms with Gasteiger partial charge < -0.3 is 14.5 Å². The summed E-state index contributed by atoms with van der Waals surface area (Å²) in [5.41, 5.74) is 2.16. The maximum absolute atomic E-state index is 12.1. The third-order valence-electron chi connectivity index (χ3n) is 3.57. The van der Waals surface area contributed by atoms with E-state index in [9.17, 15) is 4.79 Å². The van der Waals surface area contributed by atoms with Gasteiger partial charge in [0, 0.05) is 18.0 Å². The van der Waals surface area contributed by atoms with Crippen LogP contribution in [-0.2, 0) is 0 Å². The molecule has 1 aromatic carbocycles. The Bertz CT molecular complexity index is 1030. The molecule has 0 spiro atoms. The second kappa shape index (κ2) is 7.44. The minimum absolute atomic E-state index is 0.280. The second-order valence-electron chi connectivity index (χ2n) is 5.41. The Labute approximate surface area is 153 Å². The summed E-state index contributed by atoms with van der Waals surface area (Å²) in [6.45, 7) is 0. The third-order valence-corrected chi connectivity index (χ3v) is 3.57. The Morgan fingerprint density at radius 3 is 2.59 bits per heavy atom. The molecule has 132 valence electrons. The highest BCUT2D eigenvalue weighted by molar-refractivity contribution is 6.02. The quantitative estimate of drug-likeness (QED) is 0.581. The number of carbonyl (C=O) groups excluding carboxylic acids is 1. The first-order valence-corrected chi connectivity index (χ1v) is 7.99. The molecule has 3 heterocycles. The predicted molar refractivity (Wildman–Crippen MR) is 96.2 cm³/mol. The van der Waals surface area contributed by atoms with Crippen LogP contribution in [0.1, 0.15) is 10.5 Å². The molecular weight excluding hydrogens is 346 g/mol. The normalized spacial score (nSPS) is 10.4. The predicted octanol–water partition coefficient (Wildman–Crippen LogP) is 3.57. The van der Waals surface area contributed by atoms with Crippen LogP contribution in [0.3, 0.4) is 0 Å². The van der Waals surface area contributed by atoms with Crippen molar-refractivity contribution in [2.45, 2.75) is 0 Å². The molecule has 0 unspecified atom stereocenters. The van der Waals surface area contributed by atoms with E-state index < -0.39 is 0 Å². The number of ether oxygens (including phenoxy) is 1. The molecule has 8 nitrogen and oxygen atoms in total. The highest BCUT2D eigenvalue weighted by Crippen LogP contribution is 2.24. The molecule has 0 aliphatic heterocycles. The molecule has 0 saturated carbocycles. The molecule has 27 heavy (non-hydrogen) atoms. The summed E-state index contributed by atoms with van der Waals surface area (Å²) in [5, 5.41) is 2.78. The molecule has 0 atom stereocenters. The minimum Gasteiger partial charge on any atom is -0.451 e. The Morgan fingerprint density at radius 1 is 0.963 bits per heavy atom. The van der Waals surface area contributed by atoms with Gasteiger partial charge in [0.25, 0.3) is 5.91 Å². The number of nitrogens with zero attached hydrogens (tertiary/aromatic N) is 4. The van der Waals surface area contributed by atoms with E-state index in [-0.39, 0.29) is 5.91 Å². The van der Waals surface area contributed by atoms with Gasteiger partial charge in [-0.05, 0) is 36.4 Å². The zero-order valence-corrected chi connectivity index (χ0v) is 13.9. The van der Waals surface area contributed by atoms with Crippen molar-refractivity contribution in [3.63, 3.8) is 0 Å². The van der Waals surface area contributed by atoms with Crippen LogP contribution in [0.2, 0.25) is 0 Å². The van der Waals surface area contributed by atoms with Gasteiger partial charge in [0.1, 0.15) is 29.7 Å². The largest absolute Gasteiger partial charge is 0.451 e. The van der Waals surface area contributed by atoms with Gasteiger partial charge >= 0.3 is 0 Å². The molecule has 3 aromatic heterocycles. The van der Waals surface area contributed by atoms with Crippen molar-refractivity contribution in [2.24, 2.45) is 0 Å². The number of carbonyl (C=O) groups is 1. The summed E-state index contributed by atoms with van der Waals surface area (Å²) in [7, 11) is 0. The Kier molecular flexibility index (Phi) is 4.52. The standard InChI is InChI=1S/C19H13N5O3/c25-19(15-3-1-2-8-20-15)24-13-4-6-14(7-5-13)27-18-9-16(21-11-22-18)17-10-26-12-23-17/h1-12H,(H,24,25). The lowest BCUT2D eigenvalue weighted by Crippen LogP contribution is -2.13. The van der Waals surface area contributed by atoms with Crippen LogP contribution in [-0.4, -0.2) is 25.8 Å². The first-order valence-electron chi connectivity index (χ1n) is 7.99. The molecule has 0 radical (unpaired) electrons. The topological polar surface area (TPSA) is 103 Å². The van der Waals surface area contributed by atoms with Crippen LogP contribution in [0, 0.1) is 0 Å². The van der Waals surface area contributed by atoms with E-state index in [2.05, 4.69) is 25.3 Å². The van der Waals surface area contributed by atoms with Crippen molar-refractivity contribution in [1.29, 1.82) is 0 Å². The minimum atomic E-state index is -0.280. The lowest BCUT2D eigenvalue weighted by atomic mass is 10.2. The molecule has 4 aromatic rings. The van der Waals surface area contributed by atoms with E-state index in [1.54, 1.807) is 54.7 Å². The third kappa shape index (κ3) is 3.96. The monoisotopic (exact) mass is 359 g/mol. The molecule has 0 fully saturated rings. The summed E-state index contributed by atoms with van der Waals surface area (Å²) >= 11 is 0. The van der Waals surface area contributed by atoms with E-state index in [1.807, 2.05) is 0 Å². The fourth-order valence-corrected chi connectivity index (χ4v) is 2.29. The van der Waals surface area contributed by atoms with Crippen molar-refractivity contribution < 1.29 is 13.9 Å². The number of nitrogens with one attached hydrogen (secondary N) is 1. The van der Waals surface area contributed by atoms with E-state index in [1.165, 1.54) is 19.0 Å². The van der Waals surface area contributed by atoms with Crippen LogP contribution >= 0.6 is 0 Å². The molecule has 0 bridgehead atoms. The van der Waals surface area contributed by atoms with Crippen molar-refractivity contribution in [3.8, 4) is 23.0 Å². The van der Waals surface area contributed by atoms with Gasteiger partial charge in [0.15, 0.2) is 6.39 Å². The first-order chi connectivity index (χ1) is 13.3. The summed E-state index contributed by atoms with van der Waals surface area (Å²) in [5.74, 6) is 0.654. The summed E-state index contributed by atoms with van der Waals surface area (Å²) < 4.78 is 10.7. The van der Waals surface area contributed by atoms with Gasteiger partial charge in [-0.2, -0.15) is 0 Å². The van der Waals surface area contributed by atoms with Crippen LogP contribution in [0.25, 0.3) is 11.4 Å². The second-order valence-corrected chi connectivity index (χ2v) is 5.41. The Balaban J connectivity index is 1.44. The molecule has 1 N–H and O–H groups in total. The highest BCUT2D eigenvalue weighted by Gasteiger charge is 2.08. The number of anilines is 1.